The molecule has 0 saturated heterocycles. The molecule has 0 atom stereocenters. The number of hydrogen-bond donors (Lipinski definition) is 0. The van der Waals surface area contributed by atoms with Gasteiger partial charge in [-0.15, -0.1) is 0 Å². The van der Waals surface area contributed by atoms with Crippen LogP contribution < -0.4 is 0 Å². The molecule has 1 aliphatic rings. The van der Waals surface area contributed by atoms with E-state index in [4.69, 9.17) is 16.5 Å². The van der Waals surface area contributed by atoms with E-state index >= 15 is 0 Å². The lowest BCUT2D eigenvalue weighted by Gasteiger charge is -2.34. The van der Waals surface area contributed by atoms with Crippen molar-refractivity contribution in [3.63, 3.8) is 0 Å². The minimum absolute atomic E-state index is 0.613. The van der Waals surface area contributed by atoms with Gasteiger partial charge in [0.2, 0.25) is 0 Å². The molecular weight excluding hydrogens is 715 g/mol. The van der Waals surface area contributed by atoms with E-state index in [1.807, 2.05) is 6.07 Å². The number of rotatable bonds is 6. The first kappa shape index (κ1) is 34.3. The van der Waals surface area contributed by atoms with E-state index < -0.39 is 5.41 Å². The van der Waals surface area contributed by atoms with Crippen LogP contribution in [0.4, 0.5) is 5.69 Å². The van der Waals surface area contributed by atoms with Crippen LogP contribution in [0.15, 0.2) is 212 Å². The van der Waals surface area contributed by atoms with Crippen LogP contribution in [0.2, 0.25) is 0 Å². The minimum atomic E-state index is -0.613. The number of hydrogen-bond acceptors (Lipinski definition) is 2. The third kappa shape index (κ3) is 5.65. The van der Waals surface area contributed by atoms with Gasteiger partial charge in [0.05, 0.1) is 23.4 Å². The van der Waals surface area contributed by atoms with Gasteiger partial charge in [-0.1, -0.05) is 188 Å². The smallest absolute Gasteiger partial charge is 0.187 e. The molecule has 0 fully saturated rings. The maximum absolute atomic E-state index is 8.01. The van der Waals surface area contributed by atoms with Crippen molar-refractivity contribution in [2.75, 3.05) is 0 Å². The Labute approximate surface area is 343 Å². The molecule has 1 aromatic heterocycles. The SMILES string of the molecule is [C-]#[N+]c1ccc2c(c1)C(c1ccccc1)(c1ccccc1)c1cccc(-c3cccc(-c4cc(-c5ccc6ccccc6c5)nc(-c5ccc6ccccc6c5)n4)c3)c1-2. The Morgan fingerprint density at radius 1 is 0.373 bits per heavy atom. The summed E-state index contributed by atoms with van der Waals surface area (Å²) in [5.74, 6) is 0.683. The highest BCUT2D eigenvalue weighted by Gasteiger charge is 2.46. The van der Waals surface area contributed by atoms with E-state index in [0.29, 0.717) is 11.5 Å². The van der Waals surface area contributed by atoms with Crippen LogP contribution in [0.25, 0.3) is 82.5 Å². The summed E-state index contributed by atoms with van der Waals surface area (Å²) in [5, 5.41) is 4.69. The molecule has 0 unspecified atom stereocenters. The highest BCUT2D eigenvalue weighted by Crippen LogP contribution is 2.59. The minimum Gasteiger partial charge on any atom is -0.238 e. The largest absolute Gasteiger partial charge is 0.238 e. The van der Waals surface area contributed by atoms with Crippen molar-refractivity contribution in [2.45, 2.75) is 5.41 Å². The van der Waals surface area contributed by atoms with Crippen molar-refractivity contribution in [3.8, 4) is 56.2 Å². The normalized spacial score (nSPS) is 12.5. The Bertz CT molecular complexity index is 3150. The lowest BCUT2D eigenvalue weighted by Crippen LogP contribution is -2.28. The van der Waals surface area contributed by atoms with Gasteiger partial charge < -0.3 is 0 Å². The van der Waals surface area contributed by atoms with Gasteiger partial charge >= 0.3 is 0 Å². The van der Waals surface area contributed by atoms with E-state index in [0.717, 1.165) is 55.7 Å². The second-order valence-electron chi connectivity index (χ2n) is 15.2. The van der Waals surface area contributed by atoms with Crippen LogP contribution in [0, 0.1) is 6.57 Å². The van der Waals surface area contributed by atoms with E-state index in [1.165, 1.54) is 38.4 Å². The fraction of sp³-hybridized carbons (Fsp3) is 0.0179. The van der Waals surface area contributed by atoms with Crippen molar-refractivity contribution in [1.29, 1.82) is 0 Å². The molecule has 274 valence electrons. The third-order valence-corrected chi connectivity index (χ3v) is 11.9. The highest BCUT2D eigenvalue weighted by atomic mass is 14.9. The van der Waals surface area contributed by atoms with E-state index in [-0.39, 0.29) is 0 Å². The number of nitrogens with zero attached hydrogens (tertiary/aromatic N) is 3. The van der Waals surface area contributed by atoms with Crippen LogP contribution >= 0.6 is 0 Å². The van der Waals surface area contributed by atoms with Crippen molar-refractivity contribution in [2.24, 2.45) is 0 Å². The summed E-state index contributed by atoms with van der Waals surface area (Å²) in [6.07, 6.45) is 0. The molecule has 11 rings (SSSR count). The third-order valence-electron chi connectivity index (χ3n) is 11.9. The fourth-order valence-corrected chi connectivity index (χ4v) is 9.23. The first-order chi connectivity index (χ1) is 29.2. The predicted molar refractivity (Wildman–Crippen MR) is 242 cm³/mol. The molecule has 0 amide bonds. The number of fused-ring (bicyclic) bond motifs is 5. The zero-order valence-corrected chi connectivity index (χ0v) is 32.0. The molecule has 1 aliphatic carbocycles. The monoisotopic (exact) mass is 749 g/mol. The van der Waals surface area contributed by atoms with Crippen molar-refractivity contribution >= 4 is 27.2 Å². The zero-order chi connectivity index (χ0) is 39.3. The van der Waals surface area contributed by atoms with Gasteiger partial charge in [-0.25, -0.2) is 14.8 Å². The topological polar surface area (TPSA) is 30.1 Å². The average molecular weight is 750 g/mol. The second kappa shape index (κ2) is 13.9. The van der Waals surface area contributed by atoms with Gasteiger partial charge in [0.25, 0.3) is 0 Å². The van der Waals surface area contributed by atoms with Gasteiger partial charge in [-0.05, 0) is 90.3 Å². The van der Waals surface area contributed by atoms with Crippen LogP contribution in [0.3, 0.4) is 0 Å². The maximum atomic E-state index is 8.01. The molecular formula is C56H35N3. The molecule has 0 spiro atoms. The number of benzene rings is 9. The molecule has 3 heteroatoms. The van der Waals surface area contributed by atoms with E-state index in [2.05, 4.69) is 211 Å². The Morgan fingerprint density at radius 3 is 1.59 bits per heavy atom. The summed E-state index contributed by atoms with van der Waals surface area (Å²) in [6.45, 7) is 8.01. The van der Waals surface area contributed by atoms with Crippen LogP contribution in [0.5, 0.6) is 0 Å². The molecule has 0 bridgehead atoms. The Hall–Kier alpha value is -7.93. The zero-order valence-electron chi connectivity index (χ0n) is 32.0. The summed E-state index contributed by atoms with van der Waals surface area (Å²) in [5.41, 5.74) is 14.0. The van der Waals surface area contributed by atoms with Gasteiger partial charge in [-0.2, -0.15) is 0 Å². The molecule has 59 heavy (non-hydrogen) atoms. The van der Waals surface area contributed by atoms with Gasteiger partial charge in [0.15, 0.2) is 11.5 Å². The first-order valence-electron chi connectivity index (χ1n) is 19.9. The molecule has 0 aliphatic heterocycles. The summed E-state index contributed by atoms with van der Waals surface area (Å²) in [6, 6.07) is 75.1. The summed E-state index contributed by atoms with van der Waals surface area (Å²) >= 11 is 0. The highest BCUT2D eigenvalue weighted by molar-refractivity contribution is 5.97. The van der Waals surface area contributed by atoms with Crippen LogP contribution in [-0.2, 0) is 5.41 Å². The lowest BCUT2D eigenvalue weighted by atomic mass is 9.67. The maximum Gasteiger partial charge on any atom is 0.187 e. The van der Waals surface area contributed by atoms with Crippen LogP contribution in [0.1, 0.15) is 22.3 Å². The average Bonchev–Trinajstić information content (AvgIpc) is 3.62. The summed E-state index contributed by atoms with van der Waals surface area (Å²) < 4.78 is 0. The van der Waals surface area contributed by atoms with Gasteiger partial charge in [0, 0.05) is 16.7 Å². The Kier molecular flexibility index (Phi) is 8.10. The quantitative estimate of drug-likeness (QED) is 0.158. The number of aromatic nitrogens is 2. The van der Waals surface area contributed by atoms with Crippen LogP contribution in [-0.4, -0.2) is 9.97 Å². The molecule has 1 heterocycles. The fourth-order valence-electron chi connectivity index (χ4n) is 9.23. The molecule has 0 radical (unpaired) electrons. The standard InChI is InChI=1S/C56H35N3/c1-57-47-30-31-49-51(35-47)56(45-20-4-2-5-21-45,46-22-6-3-7-23-46)50-25-13-24-48(54(49)50)41-18-12-19-42(34-41)52-36-53(43-28-26-37-14-8-10-16-39(37)32-43)59-55(58-52)44-29-27-38-15-9-11-17-40(38)33-44/h2-36H. The van der Waals surface area contributed by atoms with Crippen molar-refractivity contribution in [3.05, 3.63) is 246 Å². The molecule has 0 saturated carbocycles. The molecule has 10 aromatic rings. The first-order valence-corrected chi connectivity index (χ1v) is 19.9. The van der Waals surface area contributed by atoms with Gasteiger partial charge in [0.1, 0.15) is 0 Å². The van der Waals surface area contributed by atoms with E-state index in [1.54, 1.807) is 0 Å². The lowest BCUT2D eigenvalue weighted by molar-refractivity contribution is 0.769. The molecule has 3 nitrogen and oxygen atoms in total. The van der Waals surface area contributed by atoms with Crippen molar-refractivity contribution in [1.82, 2.24) is 9.97 Å². The van der Waals surface area contributed by atoms with Gasteiger partial charge in [-0.3, -0.25) is 0 Å². The Morgan fingerprint density at radius 2 is 0.932 bits per heavy atom. The van der Waals surface area contributed by atoms with E-state index in [9.17, 15) is 0 Å². The Balaban J connectivity index is 1.12. The summed E-state index contributed by atoms with van der Waals surface area (Å²) in [7, 11) is 0. The molecule has 0 N–H and O–H groups in total. The predicted octanol–water partition coefficient (Wildman–Crippen LogP) is 14.4. The summed E-state index contributed by atoms with van der Waals surface area (Å²) in [4.78, 5) is 14.4. The molecule has 9 aromatic carbocycles. The second-order valence-corrected chi connectivity index (χ2v) is 15.2. The van der Waals surface area contributed by atoms with Crippen molar-refractivity contribution < 1.29 is 0 Å².